The molecule has 0 saturated carbocycles. The van der Waals surface area contributed by atoms with Gasteiger partial charge in [-0.1, -0.05) is 17.7 Å². The van der Waals surface area contributed by atoms with Crippen LogP contribution in [0.2, 0.25) is 5.02 Å². The molecule has 0 aliphatic carbocycles. The van der Waals surface area contributed by atoms with E-state index in [-0.39, 0.29) is 0 Å². The van der Waals surface area contributed by atoms with E-state index in [2.05, 4.69) is 44.1 Å². The van der Waals surface area contributed by atoms with Crippen LogP contribution in [0.4, 0.5) is 0 Å². The molecule has 0 spiro atoms. The van der Waals surface area contributed by atoms with Gasteiger partial charge in [-0.3, -0.25) is 0 Å². The predicted molar refractivity (Wildman–Crippen MR) is 75.7 cm³/mol. The van der Waals surface area contributed by atoms with E-state index in [1.165, 1.54) is 11.1 Å². The molecule has 0 aliphatic rings. The summed E-state index contributed by atoms with van der Waals surface area (Å²) < 4.78 is 0. The lowest BCUT2D eigenvalue weighted by Gasteiger charge is -2.21. The predicted octanol–water partition coefficient (Wildman–Crippen LogP) is 3.08. The van der Waals surface area contributed by atoms with E-state index in [1.54, 1.807) is 0 Å². The Morgan fingerprint density at radius 2 is 2.06 bits per heavy atom. The highest BCUT2D eigenvalue weighted by molar-refractivity contribution is 6.30. The highest BCUT2D eigenvalue weighted by Crippen LogP contribution is 2.14. The molecule has 3 heteroatoms. The molecule has 17 heavy (non-hydrogen) atoms. The Labute approximate surface area is 110 Å². The number of aryl methyl sites for hydroxylation is 1. The standard InChI is InChI=1S/C14H23ClN2/c1-11(2)17(4)8-7-16-10-13-5-6-14(15)9-12(13)3/h5-6,9,11,16H,7-8,10H2,1-4H3. The van der Waals surface area contributed by atoms with Crippen molar-refractivity contribution in [2.45, 2.75) is 33.4 Å². The van der Waals surface area contributed by atoms with Gasteiger partial charge in [0.2, 0.25) is 0 Å². The van der Waals surface area contributed by atoms with Crippen LogP contribution >= 0.6 is 11.6 Å². The first-order valence-electron chi connectivity index (χ1n) is 6.16. The first-order valence-corrected chi connectivity index (χ1v) is 6.54. The second-order valence-electron chi connectivity index (χ2n) is 4.82. The van der Waals surface area contributed by atoms with Crippen molar-refractivity contribution in [1.82, 2.24) is 10.2 Å². The number of rotatable bonds is 6. The van der Waals surface area contributed by atoms with Crippen LogP contribution in [0.25, 0.3) is 0 Å². The summed E-state index contributed by atoms with van der Waals surface area (Å²) in [5.41, 5.74) is 2.57. The Morgan fingerprint density at radius 3 is 2.65 bits per heavy atom. The largest absolute Gasteiger partial charge is 0.311 e. The summed E-state index contributed by atoms with van der Waals surface area (Å²) in [6, 6.07) is 6.66. The van der Waals surface area contributed by atoms with E-state index >= 15 is 0 Å². The quantitative estimate of drug-likeness (QED) is 0.785. The van der Waals surface area contributed by atoms with Crippen molar-refractivity contribution in [2.75, 3.05) is 20.1 Å². The lowest BCUT2D eigenvalue weighted by atomic mass is 10.1. The molecule has 1 aromatic rings. The van der Waals surface area contributed by atoms with Crippen molar-refractivity contribution >= 4 is 11.6 Å². The first-order chi connectivity index (χ1) is 8.00. The highest BCUT2D eigenvalue weighted by Gasteiger charge is 2.02. The smallest absolute Gasteiger partial charge is 0.0408 e. The van der Waals surface area contributed by atoms with Gasteiger partial charge in [0.25, 0.3) is 0 Å². The van der Waals surface area contributed by atoms with Crippen LogP contribution in [0, 0.1) is 6.92 Å². The Morgan fingerprint density at radius 1 is 1.35 bits per heavy atom. The Bertz CT molecular complexity index is 350. The third kappa shape index (κ3) is 5.07. The van der Waals surface area contributed by atoms with Gasteiger partial charge in [0.05, 0.1) is 0 Å². The van der Waals surface area contributed by atoms with Gasteiger partial charge in [0, 0.05) is 30.7 Å². The molecule has 0 saturated heterocycles. The number of hydrogen-bond donors (Lipinski definition) is 1. The number of likely N-dealkylation sites (N-methyl/N-ethyl adjacent to an activating group) is 1. The van der Waals surface area contributed by atoms with E-state index in [9.17, 15) is 0 Å². The van der Waals surface area contributed by atoms with Crippen molar-refractivity contribution in [3.63, 3.8) is 0 Å². The topological polar surface area (TPSA) is 15.3 Å². The van der Waals surface area contributed by atoms with Crippen molar-refractivity contribution in [2.24, 2.45) is 0 Å². The summed E-state index contributed by atoms with van der Waals surface area (Å²) in [7, 11) is 2.15. The third-order valence-corrected chi connectivity index (χ3v) is 3.38. The zero-order chi connectivity index (χ0) is 12.8. The lowest BCUT2D eigenvalue weighted by molar-refractivity contribution is 0.273. The van der Waals surface area contributed by atoms with E-state index in [1.807, 2.05) is 12.1 Å². The molecular weight excluding hydrogens is 232 g/mol. The molecule has 0 amide bonds. The SMILES string of the molecule is Cc1cc(Cl)ccc1CNCCN(C)C(C)C. The molecule has 0 bridgehead atoms. The monoisotopic (exact) mass is 254 g/mol. The highest BCUT2D eigenvalue weighted by atomic mass is 35.5. The fraction of sp³-hybridized carbons (Fsp3) is 0.571. The minimum absolute atomic E-state index is 0.606. The van der Waals surface area contributed by atoms with Gasteiger partial charge in [-0.2, -0.15) is 0 Å². The minimum atomic E-state index is 0.606. The van der Waals surface area contributed by atoms with Crippen molar-refractivity contribution in [1.29, 1.82) is 0 Å². The van der Waals surface area contributed by atoms with Crippen LogP contribution in [-0.4, -0.2) is 31.1 Å². The van der Waals surface area contributed by atoms with Gasteiger partial charge in [-0.05, 0) is 51.1 Å². The van der Waals surface area contributed by atoms with Crippen LogP contribution in [0.5, 0.6) is 0 Å². The van der Waals surface area contributed by atoms with Crippen molar-refractivity contribution in [3.8, 4) is 0 Å². The number of halogens is 1. The summed E-state index contributed by atoms with van der Waals surface area (Å²) in [4.78, 5) is 2.34. The zero-order valence-electron chi connectivity index (χ0n) is 11.3. The molecule has 0 aliphatic heterocycles. The van der Waals surface area contributed by atoms with Crippen molar-refractivity contribution in [3.05, 3.63) is 34.3 Å². The van der Waals surface area contributed by atoms with Crippen LogP contribution < -0.4 is 5.32 Å². The number of nitrogens with zero attached hydrogens (tertiary/aromatic N) is 1. The molecular formula is C14H23ClN2. The van der Waals surface area contributed by atoms with Gasteiger partial charge >= 0.3 is 0 Å². The van der Waals surface area contributed by atoms with E-state index < -0.39 is 0 Å². The van der Waals surface area contributed by atoms with Crippen LogP contribution in [-0.2, 0) is 6.54 Å². The van der Waals surface area contributed by atoms with Crippen LogP contribution in [0.1, 0.15) is 25.0 Å². The fourth-order valence-electron chi connectivity index (χ4n) is 1.59. The molecule has 96 valence electrons. The van der Waals surface area contributed by atoms with Gasteiger partial charge in [-0.25, -0.2) is 0 Å². The number of benzene rings is 1. The molecule has 0 unspecified atom stereocenters. The molecule has 0 radical (unpaired) electrons. The molecule has 1 aromatic carbocycles. The maximum atomic E-state index is 5.93. The molecule has 1 N–H and O–H groups in total. The first kappa shape index (κ1) is 14.5. The molecule has 0 heterocycles. The summed E-state index contributed by atoms with van der Waals surface area (Å²) in [6.45, 7) is 9.52. The van der Waals surface area contributed by atoms with Crippen LogP contribution in [0.15, 0.2) is 18.2 Å². The Kier molecular flexibility index (Phi) is 5.96. The molecule has 0 aromatic heterocycles. The van der Waals surface area contributed by atoms with Gasteiger partial charge in [-0.15, -0.1) is 0 Å². The summed E-state index contributed by atoms with van der Waals surface area (Å²) >= 11 is 5.93. The fourth-order valence-corrected chi connectivity index (χ4v) is 1.82. The van der Waals surface area contributed by atoms with Gasteiger partial charge in [0.15, 0.2) is 0 Å². The molecule has 1 rings (SSSR count). The second kappa shape index (κ2) is 7.00. The maximum absolute atomic E-state index is 5.93. The van der Waals surface area contributed by atoms with E-state index in [0.717, 1.165) is 24.7 Å². The van der Waals surface area contributed by atoms with Crippen molar-refractivity contribution < 1.29 is 0 Å². The average molecular weight is 255 g/mol. The summed E-state index contributed by atoms with van der Waals surface area (Å²) in [6.07, 6.45) is 0. The minimum Gasteiger partial charge on any atom is -0.311 e. The lowest BCUT2D eigenvalue weighted by Crippen LogP contribution is -2.33. The van der Waals surface area contributed by atoms with Gasteiger partial charge in [0.1, 0.15) is 0 Å². The number of hydrogen-bond acceptors (Lipinski definition) is 2. The number of nitrogens with one attached hydrogen (secondary N) is 1. The van der Waals surface area contributed by atoms with Gasteiger partial charge < -0.3 is 10.2 Å². The average Bonchev–Trinajstić information content (AvgIpc) is 2.26. The van der Waals surface area contributed by atoms with E-state index in [0.29, 0.717) is 6.04 Å². The molecule has 2 nitrogen and oxygen atoms in total. The zero-order valence-corrected chi connectivity index (χ0v) is 12.0. The maximum Gasteiger partial charge on any atom is 0.0408 e. The molecule has 0 atom stereocenters. The Hall–Kier alpha value is -0.570. The summed E-state index contributed by atoms with van der Waals surface area (Å²) in [5, 5.41) is 4.27. The van der Waals surface area contributed by atoms with E-state index in [4.69, 9.17) is 11.6 Å². The Balaban J connectivity index is 2.31. The normalized spacial score (nSPS) is 11.5. The second-order valence-corrected chi connectivity index (χ2v) is 5.26. The molecule has 0 fully saturated rings. The summed E-state index contributed by atoms with van der Waals surface area (Å²) in [5.74, 6) is 0. The third-order valence-electron chi connectivity index (χ3n) is 3.14. The van der Waals surface area contributed by atoms with Crippen LogP contribution in [0.3, 0.4) is 0 Å².